The Labute approximate surface area is 124 Å². The molecule has 0 unspecified atom stereocenters. The second kappa shape index (κ2) is 6.06. The molecule has 1 heterocycles. The second-order valence-electron chi connectivity index (χ2n) is 3.95. The topological polar surface area (TPSA) is 89.2 Å². The van der Waals surface area contributed by atoms with Gasteiger partial charge in [-0.2, -0.15) is 4.98 Å². The van der Waals surface area contributed by atoms with E-state index in [0.717, 1.165) is 0 Å². The number of nitro groups is 1. The highest BCUT2D eigenvalue weighted by Crippen LogP contribution is 2.31. The van der Waals surface area contributed by atoms with Gasteiger partial charge in [0.1, 0.15) is 5.02 Å². The standard InChI is InChI=1S/C12H10ClN3O3S/c1-7-5-10(17)15-12(14-7)20-6-8-3-2-4-9(11(8)13)16(18)19/h2-5H,6H2,1H3,(H,14,15,17). The molecule has 1 N–H and O–H groups in total. The van der Waals surface area contributed by atoms with E-state index >= 15 is 0 Å². The van der Waals surface area contributed by atoms with Gasteiger partial charge in [-0.1, -0.05) is 35.5 Å². The van der Waals surface area contributed by atoms with Crippen LogP contribution in [-0.4, -0.2) is 20.0 Å². The Balaban J connectivity index is 2.19. The van der Waals surface area contributed by atoms with Crippen LogP contribution in [0.3, 0.4) is 0 Å². The molecule has 0 aliphatic heterocycles. The first-order valence-corrected chi connectivity index (χ1v) is 6.93. The first-order chi connectivity index (χ1) is 9.47. The molecule has 8 heteroatoms. The molecular formula is C12H10ClN3O3S. The van der Waals surface area contributed by atoms with Crippen molar-refractivity contribution in [2.45, 2.75) is 17.8 Å². The lowest BCUT2D eigenvalue weighted by molar-refractivity contribution is -0.384. The average molecular weight is 312 g/mol. The van der Waals surface area contributed by atoms with Gasteiger partial charge in [-0.05, 0) is 12.5 Å². The molecule has 1 aromatic carbocycles. The van der Waals surface area contributed by atoms with Crippen molar-refractivity contribution < 1.29 is 10.0 Å². The van der Waals surface area contributed by atoms with Gasteiger partial charge in [0, 0.05) is 23.6 Å². The third kappa shape index (κ3) is 3.37. The van der Waals surface area contributed by atoms with Crippen LogP contribution in [0, 0.1) is 17.0 Å². The van der Waals surface area contributed by atoms with Gasteiger partial charge in [0.15, 0.2) is 5.16 Å². The van der Waals surface area contributed by atoms with Crippen molar-refractivity contribution in [1.82, 2.24) is 9.97 Å². The van der Waals surface area contributed by atoms with Crippen LogP contribution in [0.2, 0.25) is 5.02 Å². The number of aryl methyl sites for hydroxylation is 1. The van der Waals surface area contributed by atoms with E-state index in [-0.39, 0.29) is 16.6 Å². The molecule has 0 saturated heterocycles. The molecule has 0 radical (unpaired) electrons. The smallest absolute Gasteiger partial charge is 0.288 e. The molecule has 20 heavy (non-hydrogen) atoms. The van der Waals surface area contributed by atoms with E-state index < -0.39 is 4.92 Å². The molecule has 0 amide bonds. The highest BCUT2D eigenvalue weighted by molar-refractivity contribution is 7.98. The Kier molecular flexibility index (Phi) is 4.41. The monoisotopic (exact) mass is 311 g/mol. The summed E-state index contributed by atoms with van der Waals surface area (Å²) >= 11 is 7.23. The summed E-state index contributed by atoms with van der Waals surface area (Å²) in [5.41, 5.74) is 1.14. The number of halogens is 1. The minimum atomic E-state index is -0.522. The Bertz CT molecular complexity index is 646. The molecule has 1 aromatic heterocycles. The van der Waals surface area contributed by atoms with E-state index in [1.54, 1.807) is 19.1 Å². The number of aromatic hydroxyl groups is 1. The Hall–Kier alpha value is -1.86. The van der Waals surface area contributed by atoms with E-state index in [0.29, 0.717) is 22.2 Å². The predicted molar refractivity (Wildman–Crippen MR) is 76.1 cm³/mol. The summed E-state index contributed by atoms with van der Waals surface area (Å²) in [4.78, 5) is 18.3. The molecule has 0 aliphatic carbocycles. The lowest BCUT2D eigenvalue weighted by Crippen LogP contribution is -1.94. The van der Waals surface area contributed by atoms with E-state index in [1.165, 1.54) is 23.9 Å². The van der Waals surface area contributed by atoms with Crippen LogP contribution in [0.15, 0.2) is 29.4 Å². The number of rotatable bonds is 4. The maximum absolute atomic E-state index is 10.8. The van der Waals surface area contributed by atoms with E-state index in [1.807, 2.05) is 0 Å². The van der Waals surface area contributed by atoms with Crippen molar-refractivity contribution >= 4 is 29.1 Å². The maximum atomic E-state index is 10.8. The number of nitrogens with zero attached hydrogens (tertiary/aromatic N) is 3. The van der Waals surface area contributed by atoms with Crippen molar-refractivity contribution in [3.05, 3.63) is 50.7 Å². The fourth-order valence-electron chi connectivity index (χ4n) is 1.55. The summed E-state index contributed by atoms with van der Waals surface area (Å²) in [5.74, 6) is 0.272. The molecule has 0 aliphatic rings. The van der Waals surface area contributed by atoms with Crippen LogP contribution >= 0.6 is 23.4 Å². The minimum Gasteiger partial charge on any atom is -0.493 e. The summed E-state index contributed by atoms with van der Waals surface area (Å²) in [7, 11) is 0. The average Bonchev–Trinajstić information content (AvgIpc) is 2.36. The summed E-state index contributed by atoms with van der Waals surface area (Å²) in [6, 6.07) is 6.09. The van der Waals surface area contributed by atoms with Crippen molar-refractivity contribution in [3.63, 3.8) is 0 Å². The maximum Gasteiger partial charge on any atom is 0.288 e. The SMILES string of the molecule is Cc1cc(O)nc(SCc2cccc([N+](=O)[O-])c2Cl)n1. The third-order valence-corrected chi connectivity index (χ3v) is 3.76. The molecule has 0 spiro atoms. The van der Waals surface area contributed by atoms with Crippen molar-refractivity contribution in [2.75, 3.05) is 0 Å². The summed E-state index contributed by atoms with van der Waals surface area (Å²) in [6.07, 6.45) is 0. The second-order valence-corrected chi connectivity index (χ2v) is 5.27. The van der Waals surface area contributed by atoms with Gasteiger partial charge >= 0.3 is 0 Å². The van der Waals surface area contributed by atoms with Crippen molar-refractivity contribution in [1.29, 1.82) is 0 Å². The Morgan fingerprint density at radius 1 is 1.45 bits per heavy atom. The quantitative estimate of drug-likeness (QED) is 0.403. The van der Waals surface area contributed by atoms with Crippen LogP contribution in [0.4, 0.5) is 5.69 Å². The van der Waals surface area contributed by atoms with Gasteiger partial charge < -0.3 is 5.11 Å². The zero-order valence-corrected chi connectivity index (χ0v) is 12.0. The molecule has 104 valence electrons. The Morgan fingerprint density at radius 2 is 2.20 bits per heavy atom. The van der Waals surface area contributed by atoms with Crippen LogP contribution in [-0.2, 0) is 5.75 Å². The van der Waals surface area contributed by atoms with Crippen molar-refractivity contribution in [3.8, 4) is 5.88 Å². The number of benzene rings is 1. The third-order valence-electron chi connectivity index (χ3n) is 2.43. The predicted octanol–water partition coefficient (Wildman–Crippen LogP) is 3.34. The fraction of sp³-hybridized carbons (Fsp3) is 0.167. The van der Waals surface area contributed by atoms with Crippen LogP contribution in [0.1, 0.15) is 11.3 Å². The van der Waals surface area contributed by atoms with Crippen LogP contribution in [0.5, 0.6) is 5.88 Å². The fourth-order valence-corrected chi connectivity index (χ4v) is 2.78. The first kappa shape index (κ1) is 14.5. The van der Waals surface area contributed by atoms with Gasteiger partial charge in [-0.25, -0.2) is 4.98 Å². The zero-order valence-electron chi connectivity index (χ0n) is 10.4. The van der Waals surface area contributed by atoms with E-state index in [2.05, 4.69) is 9.97 Å². The van der Waals surface area contributed by atoms with E-state index in [4.69, 9.17) is 11.6 Å². The van der Waals surface area contributed by atoms with Crippen LogP contribution < -0.4 is 0 Å². The molecule has 0 bridgehead atoms. The van der Waals surface area contributed by atoms with Gasteiger partial charge in [0.05, 0.1) is 4.92 Å². The van der Waals surface area contributed by atoms with Crippen LogP contribution in [0.25, 0.3) is 0 Å². The lowest BCUT2D eigenvalue weighted by atomic mass is 10.2. The number of hydrogen-bond donors (Lipinski definition) is 1. The van der Waals surface area contributed by atoms with Crippen molar-refractivity contribution in [2.24, 2.45) is 0 Å². The number of thioether (sulfide) groups is 1. The normalized spacial score (nSPS) is 10.5. The molecule has 2 aromatic rings. The molecule has 2 rings (SSSR count). The summed E-state index contributed by atoms with van der Waals surface area (Å²) in [5, 5.41) is 20.7. The molecular weight excluding hydrogens is 302 g/mol. The van der Waals surface area contributed by atoms with Gasteiger partial charge in [-0.15, -0.1) is 0 Å². The Morgan fingerprint density at radius 3 is 2.85 bits per heavy atom. The highest BCUT2D eigenvalue weighted by Gasteiger charge is 2.15. The number of hydrogen-bond acceptors (Lipinski definition) is 6. The molecule has 0 saturated carbocycles. The lowest BCUT2D eigenvalue weighted by Gasteiger charge is -2.05. The van der Waals surface area contributed by atoms with E-state index in [9.17, 15) is 15.2 Å². The molecule has 0 fully saturated rings. The zero-order chi connectivity index (χ0) is 14.7. The minimum absolute atomic E-state index is 0.106. The van der Waals surface area contributed by atoms with Gasteiger partial charge in [0.25, 0.3) is 5.69 Å². The molecule has 6 nitrogen and oxygen atoms in total. The number of aromatic nitrogens is 2. The largest absolute Gasteiger partial charge is 0.493 e. The molecule has 0 atom stereocenters. The highest BCUT2D eigenvalue weighted by atomic mass is 35.5. The van der Waals surface area contributed by atoms with Gasteiger partial charge in [-0.3, -0.25) is 10.1 Å². The summed E-state index contributed by atoms with van der Waals surface area (Å²) in [6.45, 7) is 1.74. The first-order valence-electron chi connectivity index (χ1n) is 5.56. The summed E-state index contributed by atoms with van der Waals surface area (Å²) < 4.78 is 0. The van der Waals surface area contributed by atoms with Gasteiger partial charge in [0.2, 0.25) is 5.88 Å². The number of nitro benzene ring substituents is 1.